The van der Waals surface area contributed by atoms with Crippen molar-refractivity contribution in [1.82, 2.24) is 14.9 Å². The lowest BCUT2D eigenvalue weighted by Gasteiger charge is -2.35. The highest BCUT2D eigenvalue weighted by atomic mass is 16.5. The van der Waals surface area contributed by atoms with Crippen LogP contribution in [0.1, 0.15) is 30.0 Å². The molecule has 1 amide bonds. The van der Waals surface area contributed by atoms with Crippen molar-refractivity contribution in [2.75, 3.05) is 43.0 Å². The van der Waals surface area contributed by atoms with E-state index in [4.69, 9.17) is 4.74 Å². The smallest absolute Gasteiger partial charge is 0.340 e. The Labute approximate surface area is 164 Å². The zero-order valence-electron chi connectivity index (χ0n) is 16.4. The van der Waals surface area contributed by atoms with E-state index in [9.17, 15) is 9.59 Å². The Morgan fingerprint density at radius 3 is 2.54 bits per heavy atom. The van der Waals surface area contributed by atoms with E-state index in [1.807, 2.05) is 30.0 Å². The summed E-state index contributed by atoms with van der Waals surface area (Å²) in [5, 5.41) is 3.22. The maximum absolute atomic E-state index is 12.2. The molecule has 1 aliphatic heterocycles. The predicted octanol–water partition coefficient (Wildman–Crippen LogP) is 2.37. The van der Waals surface area contributed by atoms with E-state index >= 15 is 0 Å². The van der Waals surface area contributed by atoms with Gasteiger partial charge in [-0.2, -0.15) is 0 Å². The standard InChI is InChI=1S/C20H25N5O3/c1-4-28-20(27)16-7-5-6-8-17(16)23-18-13-19(22-14(2)21-18)25-11-9-24(10-12-25)15(3)26/h5-8,13H,4,9-12H2,1-3H3,(H,21,22,23). The number of piperazine rings is 1. The lowest BCUT2D eigenvalue weighted by atomic mass is 10.2. The highest BCUT2D eigenvalue weighted by Gasteiger charge is 2.20. The average Bonchev–Trinajstić information content (AvgIpc) is 2.68. The minimum atomic E-state index is -0.378. The molecular weight excluding hydrogens is 358 g/mol. The summed E-state index contributed by atoms with van der Waals surface area (Å²) in [6.45, 7) is 8.30. The lowest BCUT2D eigenvalue weighted by molar-refractivity contribution is -0.129. The first-order valence-electron chi connectivity index (χ1n) is 9.37. The number of esters is 1. The zero-order valence-corrected chi connectivity index (χ0v) is 16.4. The van der Waals surface area contributed by atoms with Gasteiger partial charge in [0.2, 0.25) is 5.91 Å². The highest BCUT2D eigenvalue weighted by Crippen LogP contribution is 2.24. The molecule has 1 aromatic carbocycles. The van der Waals surface area contributed by atoms with Crippen molar-refractivity contribution in [3.05, 3.63) is 41.7 Å². The first-order valence-corrected chi connectivity index (χ1v) is 9.37. The number of hydrogen-bond donors (Lipinski definition) is 1. The second-order valence-corrected chi connectivity index (χ2v) is 6.54. The van der Waals surface area contributed by atoms with Crippen LogP contribution in [-0.2, 0) is 9.53 Å². The summed E-state index contributed by atoms with van der Waals surface area (Å²) in [6.07, 6.45) is 0. The summed E-state index contributed by atoms with van der Waals surface area (Å²) in [5.74, 6) is 1.75. The van der Waals surface area contributed by atoms with Crippen LogP contribution >= 0.6 is 0 Å². The van der Waals surface area contributed by atoms with Gasteiger partial charge in [0, 0.05) is 39.2 Å². The van der Waals surface area contributed by atoms with Crippen molar-refractivity contribution < 1.29 is 14.3 Å². The third kappa shape index (κ3) is 4.57. The minimum absolute atomic E-state index is 0.0939. The zero-order chi connectivity index (χ0) is 20.1. The number of hydrogen-bond acceptors (Lipinski definition) is 7. The van der Waals surface area contributed by atoms with Gasteiger partial charge in [0.1, 0.15) is 17.5 Å². The number of amides is 1. The fourth-order valence-corrected chi connectivity index (χ4v) is 3.15. The molecule has 8 nitrogen and oxygen atoms in total. The molecule has 1 N–H and O–H groups in total. The Morgan fingerprint density at radius 1 is 1.14 bits per heavy atom. The summed E-state index contributed by atoms with van der Waals surface area (Å²) in [4.78, 5) is 36.7. The number of rotatable bonds is 5. The molecule has 2 aromatic rings. The normalized spacial score (nSPS) is 14.0. The maximum Gasteiger partial charge on any atom is 0.340 e. The predicted molar refractivity (Wildman–Crippen MR) is 107 cm³/mol. The molecule has 2 heterocycles. The van der Waals surface area contributed by atoms with Gasteiger partial charge in [0.05, 0.1) is 17.9 Å². The van der Waals surface area contributed by atoms with Crippen LogP contribution in [-0.4, -0.2) is 59.5 Å². The number of nitrogens with one attached hydrogen (secondary N) is 1. The van der Waals surface area contributed by atoms with Crippen molar-refractivity contribution in [1.29, 1.82) is 0 Å². The number of aromatic nitrogens is 2. The molecule has 1 saturated heterocycles. The van der Waals surface area contributed by atoms with Gasteiger partial charge in [-0.05, 0) is 26.0 Å². The minimum Gasteiger partial charge on any atom is -0.462 e. The van der Waals surface area contributed by atoms with Crippen molar-refractivity contribution in [3.8, 4) is 0 Å². The molecular formula is C20H25N5O3. The molecule has 0 atom stereocenters. The molecule has 3 rings (SSSR count). The van der Waals surface area contributed by atoms with Crippen LogP contribution in [0.4, 0.5) is 17.3 Å². The van der Waals surface area contributed by atoms with Gasteiger partial charge in [-0.3, -0.25) is 4.79 Å². The second-order valence-electron chi connectivity index (χ2n) is 6.54. The molecule has 1 fully saturated rings. The van der Waals surface area contributed by atoms with Gasteiger partial charge in [0.25, 0.3) is 0 Å². The Balaban J connectivity index is 1.80. The number of carbonyl (C=O) groups excluding carboxylic acids is 2. The van der Waals surface area contributed by atoms with Crippen LogP contribution in [0.5, 0.6) is 0 Å². The lowest BCUT2D eigenvalue weighted by Crippen LogP contribution is -2.48. The topological polar surface area (TPSA) is 87.7 Å². The third-order valence-electron chi connectivity index (χ3n) is 4.56. The second kappa shape index (κ2) is 8.69. The maximum atomic E-state index is 12.2. The van der Waals surface area contributed by atoms with Crippen LogP contribution in [0, 0.1) is 6.92 Å². The van der Waals surface area contributed by atoms with Crippen molar-refractivity contribution in [2.45, 2.75) is 20.8 Å². The van der Waals surface area contributed by atoms with E-state index in [1.54, 1.807) is 26.0 Å². The van der Waals surface area contributed by atoms with E-state index in [0.717, 1.165) is 18.9 Å². The van der Waals surface area contributed by atoms with Gasteiger partial charge in [-0.15, -0.1) is 0 Å². The number of benzene rings is 1. The molecule has 0 bridgehead atoms. The molecule has 28 heavy (non-hydrogen) atoms. The monoisotopic (exact) mass is 383 g/mol. The van der Waals surface area contributed by atoms with Gasteiger partial charge in [-0.1, -0.05) is 12.1 Å². The van der Waals surface area contributed by atoms with Gasteiger partial charge < -0.3 is 19.9 Å². The van der Waals surface area contributed by atoms with Gasteiger partial charge in [0.15, 0.2) is 0 Å². The Kier molecular flexibility index (Phi) is 6.08. The molecule has 0 spiro atoms. The molecule has 0 unspecified atom stereocenters. The molecule has 0 saturated carbocycles. The van der Waals surface area contributed by atoms with Crippen molar-refractivity contribution in [3.63, 3.8) is 0 Å². The van der Waals surface area contributed by atoms with Crippen molar-refractivity contribution >= 4 is 29.2 Å². The Bertz CT molecular complexity index is 863. The number of aryl methyl sites for hydroxylation is 1. The fraction of sp³-hybridized carbons (Fsp3) is 0.400. The molecule has 1 aromatic heterocycles. The first-order chi connectivity index (χ1) is 13.5. The molecule has 8 heteroatoms. The van der Waals surface area contributed by atoms with E-state index in [1.165, 1.54) is 0 Å². The highest BCUT2D eigenvalue weighted by molar-refractivity contribution is 5.96. The Morgan fingerprint density at radius 2 is 1.86 bits per heavy atom. The van der Waals surface area contributed by atoms with Crippen LogP contribution in [0.3, 0.4) is 0 Å². The molecule has 1 aliphatic rings. The summed E-state index contributed by atoms with van der Waals surface area (Å²) < 4.78 is 5.13. The fourth-order valence-electron chi connectivity index (χ4n) is 3.15. The number of nitrogens with zero attached hydrogens (tertiary/aromatic N) is 4. The van der Waals surface area contributed by atoms with Crippen LogP contribution in [0.25, 0.3) is 0 Å². The van der Waals surface area contributed by atoms with E-state index in [-0.39, 0.29) is 11.9 Å². The largest absolute Gasteiger partial charge is 0.462 e. The average molecular weight is 383 g/mol. The Hall–Kier alpha value is -3.16. The third-order valence-corrected chi connectivity index (χ3v) is 4.56. The first kappa shape index (κ1) is 19.6. The van der Waals surface area contributed by atoms with Crippen LogP contribution in [0.15, 0.2) is 30.3 Å². The number of anilines is 3. The van der Waals surface area contributed by atoms with Crippen LogP contribution in [0.2, 0.25) is 0 Å². The number of carbonyl (C=O) groups is 2. The van der Waals surface area contributed by atoms with E-state index < -0.39 is 0 Å². The number of para-hydroxylation sites is 1. The SMILES string of the molecule is CCOC(=O)c1ccccc1Nc1cc(N2CCN(C(C)=O)CC2)nc(C)n1. The summed E-state index contributed by atoms with van der Waals surface area (Å²) in [7, 11) is 0. The molecule has 148 valence electrons. The summed E-state index contributed by atoms with van der Waals surface area (Å²) >= 11 is 0. The van der Waals surface area contributed by atoms with Crippen molar-refractivity contribution in [2.24, 2.45) is 0 Å². The van der Waals surface area contributed by atoms with E-state index in [2.05, 4.69) is 20.2 Å². The van der Waals surface area contributed by atoms with Gasteiger partial charge in [-0.25, -0.2) is 14.8 Å². The van der Waals surface area contributed by atoms with E-state index in [0.29, 0.717) is 42.6 Å². The van der Waals surface area contributed by atoms with Crippen LogP contribution < -0.4 is 10.2 Å². The summed E-state index contributed by atoms with van der Waals surface area (Å²) in [5.41, 5.74) is 1.09. The van der Waals surface area contributed by atoms with Gasteiger partial charge >= 0.3 is 5.97 Å². The molecule has 0 radical (unpaired) electrons. The quantitative estimate of drug-likeness (QED) is 0.793. The number of ether oxygens (including phenoxy) is 1. The molecule has 0 aliphatic carbocycles. The summed E-state index contributed by atoms with van der Waals surface area (Å²) in [6, 6.07) is 9.03.